The fraction of sp³-hybridized carbons (Fsp3) is 0.286. The third kappa shape index (κ3) is 3.98. The molecule has 2 N–H and O–H groups in total. The molecule has 0 aliphatic rings. The topological polar surface area (TPSA) is 89.2 Å². The number of hydrogen-bond acceptors (Lipinski definition) is 4. The summed E-state index contributed by atoms with van der Waals surface area (Å²) in [6, 6.07) is 11.6. The van der Waals surface area contributed by atoms with Crippen molar-refractivity contribution < 1.29 is 14.1 Å². The Bertz CT molecular complexity index is 983. The fourth-order valence-electron chi connectivity index (χ4n) is 3.32. The van der Waals surface area contributed by atoms with Crippen LogP contribution in [-0.2, 0) is 11.2 Å². The molecule has 1 aromatic carbocycles. The van der Waals surface area contributed by atoms with E-state index in [0.717, 1.165) is 28.3 Å². The van der Waals surface area contributed by atoms with Gasteiger partial charge in [-0.05, 0) is 52.3 Å². The molecule has 0 spiro atoms. The van der Waals surface area contributed by atoms with Crippen molar-refractivity contribution in [1.29, 1.82) is 0 Å². The van der Waals surface area contributed by atoms with E-state index in [4.69, 9.17) is 4.52 Å². The molecule has 2 aromatic heterocycles. The molecule has 7 heteroatoms. The smallest absolute Gasteiger partial charge is 0.271 e. The highest BCUT2D eigenvalue weighted by Crippen LogP contribution is 2.20. The van der Waals surface area contributed by atoms with Crippen LogP contribution in [0.2, 0.25) is 0 Å². The van der Waals surface area contributed by atoms with Gasteiger partial charge in [0, 0.05) is 29.1 Å². The van der Waals surface area contributed by atoms with Gasteiger partial charge in [0.05, 0.1) is 11.3 Å². The van der Waals surface area contributed by atoms with Crippen molar-refractivity contribution in [1.82, 2.24) is 20.6 Å². The predicted octanol–water partition coefficient (Wildman–Crippen LogP) is 3.09. The lowest BCUT2D eigenvalue weighted by atomic mass is 10.1. The Kier molecular flexibility index (Phi) is 5.63. The number of para-hydroxylation sites is 1. The van der Waals surface area contributed by atoms with Gasteiger partial charge < -0.3 is 9.09 Å². The largest absolute Gasteiger partial charge is 0.361 e. The summed E-state index contributed by atoms with van der Waals surface area (Å²) in [5.41, 5.74) is 9.94. The first-order valence-corrected chi connectivity index (χ1v) is 9.13. The van der Waals surface area contributed by atoms with Crippen LogP contribution < -0.4 is 10.9 Å². The monoisotopic (exact) mass is 380 g/mol. The molecule has 3 aromatic rings. The molecule has 0 unspecified atom stereocenters. The van der Waals surface area contributed by atoms with Crippen LogP contribution in [0.15, 0.2) is 40.9 Å². The highest BCUT2D eigenvalue weighted by Gasteiger charge is 2.17. The summed E-state index contributed by atoms with van der Waals surface area (Å²) < 4.78 is 7.10. The molecule has 2 amide bonds. The maximum atomic E-state index is 12.5. The van der Waals surface area contributed by atoms with Crippen LogP contribution in [0.25, 0.3) is 5.69 Å². The van der Waals surface area contributed by atoms with Gasteiger partial charge in [0.15, 0.2) is 0 Å². The summed E-state index contributed by atoms with van der Waals surface area (Å²) in [7, 11) is 0. The molecule has 0 atom stereocenters. The summed E-state index contributed by atoms with van der Waals surface area (Å²) in [5.74, 6) is 0.0916. The van der Waals surface area contributed by atoms with Crippen molar-refractivity contribution in [3.8, 4) is 5.69 Å². The quantitative estimate of drug-likeness (QED) is 0.666. The van der Waals surface area contributed by atoms with E-state index in [1.165, 1.54) is 0 Å². The number of carbonyl (C=O) groups excluding carboxylic acids is 2. The lowest BCUT2D eigenvalue weighted by Gasteiger charge is -2.10. The molecular weight excluding hydrogens is 356 g/mol. The Labute approximate surface area is 163 Å². The standard InChI is InChI=1S/C21H24N4O3/c1-13-12-19(15(3)25(13)17-8-6-5-7-9-17)21(27)23-22-20(26)11-10-18-14(2)24-28-16(18)4/h5-9,12H,10-11H2,1-4H3,(H,22,26)(H,23,27). The third-order valence-corrected chi connectivity index (χ3v) is 4.79. The molecule has 0 aliphatic carbocycles. The van der Waals surface area contributed by atoms with E-state index in [0.29, 0.717) is 17.7 Å². The van der Waals surface area contributed by atoms with Crippen LogP contribution in [-0.4, -0.2) is 21.5 Å². The zero-order valence-corrected chi connectivity index (χ0v) is 16.5. The van der Waals surface area contributed by atoms with Gasteiger partial charge in [-0.3, -0.25) is 20.4 Å². The molecule has 2 heterocycles. The first-order valence-electron chi connectivity index (χ1n) is 9.13. The molecule has 0 radical (unpaired) electrons. The van der Waals surface area contributed by atoms with E-state index in [-0.39, 0.29) is 18.2 Å². The molecule has 0 saturated carbocycles. The Morgan fingerprint density at radius 3 is 2.43 bits per heavy atom. The van der Waals surface area contributed by atoms with E-state index >= 15 is 0 Å². The summed E-state index contributed by atoms with van der Waals surface area (Å²) >= 11 is 0. The Balaban J connectivity index is 1.62. The van der Waals surface area contributed by atoms with Gasteiger partial charge in [0.2, 0.25) is 5.91 Å². The Morgan fingerprint density at radius 2 is 1.79 bits per heavy atom. The first kappa shape index (κ1) is 19.4. The average molecular weight is 380 g/mol. The number of rotatable bonds is 5. The normalized spacial score (nSPS) is 10.7. The van der Waals surface area contributed by atoms with Gasteiger partial charge in [-0.2, -0.15) is 0 Å². The minimum absolute atomic E-state index is 0.228. The van der Waals surface area contributed by atoms with Crippen LogP contribution in [0, 0.1) is 27.7 Å². The van der Waals surface area contributed by atoms with E-state index in [9.17, 15) is 9.59 Å². The molecule has 0 aliphatic heterocycles. The first-order chi connectivity index (χ1) is 13.4. The van der Waals surface area contributed by atoms with Crippen LogP contribution in [0.4, 0.5) is 0 Å². The maximum absolute atomic E-state index is 12.5. The van der Waals surface area contributed by atoms with Crippen molar-refractivity contribution >= 4 is 11.8 Å². The Morgan fingerprint density at radius 1 is 1.07 bits per heavy atom. The van der Waals surface area contributed by atoms with Crippen LogP contribution in [0.3, 0.4) is 0 Å². The average Bonchev–Trinajstić information content (AvgIpc) is 3.16. The van der Waals surface area contributed by atoms with Crippen molar-refractivity contribution in [2.45, 2.75) is 40.5 Å². The third-order valence-electron chi connectivity index (χ3n) is 4.79. The summed E-state index contributed by atoms with van der Waals surface area (Å²) in [6.07, 6.45) is 0.734. The number of hydrazine groups is 1. The van der Waals surface area contributed by atoms with E-state index in [2.05, 4.69) is 16.0 Å². The molecule has 0 bridgehead atoms. The summed E-state index contributed by atoms with van der Waals surface area (Å²) in [5, 5.41) is 3.87. The second-order valence-corrected chi connectivity index (χ2v) is 6.76. The van der Waals surface area contributed by atoms with Gasteiger partial charge in [0.25, 0.3) is 5.91 Å². The zero-order valence-electron chi connectivity index (χ0n) is 16.5. The van der Waals surface area contributed by atoms with Gasteiger partial charge >= 0.3 is 0 Å². The summed E-state index contributed by atoms with van der Waals surface area (Å²) in [4.78, 5) is 24.6. The van der Waals surface area contributed by atoms with Gasteiger partial charge in [0.1, 0.15) is 5.76 Å². The van der Waals surface area contributed by atoms with E-state index in [1.54, 1.807) is 0 Å². The van der Waals surface area contributed by atoms with Gasteiger partial charge in [-0.25, -0.2) is 0 Å². The lowest BCUT2D eigenvalue weighted by molar-refractivity contribution is -0.121. The maximum Gasteiger partial charge on any atom is 0.271 e. The molecule has 0 fully saturated rings. The molecule has 3 rings (SSSR count). The molecular formula is C21H24N4O3. The number of carbonyl (C=O) groups is 2. The summed E-state index contributed by atoms with van der Waals surface area (Å²) in [6.45, 7) is 7.48. The number of benzene rings is 1. The number of aromatic nitrogens is 2. The molecule has 7 nitrogen and oxygen atoms in total. The number of nitrogens with one attached hydrogen (secondary N) is 2. The van der Waals surface area contributed by atoms with Crippen LogP contribution in [0.5, 0.6) is 0 Å². The molecule has 28 heavy (non-hydrogen) atoms. The van der Waals surface area contributed by atoms with Gasteiger partial charge in [-0.15, -0.1) is 0 Å². The van der Waals surface area contributed by atoms with Crippen LogP contribution in [0.1, 0.15) is 45.2 Å². The van der Waals surface area contributed by atoms with Crippen molar-refractivity contribution in [3.63, 3.8) is 0 Å². The second kappa shape index (κ2) is 8.12. The number of aryl methyl sites for hydroxylation is 3. The highest BCUT2D eigenvalue weighted by atomic mass is 16.5. The van der Waals surface area contributed by atoms with Crippen molar-refractivity contribution in [3.05, 3.63) is 70.4 Å². The van der Waals surface area contributed by atoms with Gasteiger partial charge in [-0.1, -0.05) is 23.4 Å². The van der Waals surface area contributed by atoms with Crippen molar-refractivity contribution in [2.75, 3.05) is 0 Å². The number of nitrogens with zero attached hydrogens (tertiary/aromatic N) is 2. The number of hydrogen-bond donors (Lipinski definition) is 2. The van der Waals surface area contributed by atoms with E-state index < -0.39 is 0 Å². The molecule has 146 valence electrons. The lowest BCUT2D eigenvalue weighted by Crippen LogP contribution is -2.41. The zero-order chi connectivity index (χ0) is 20.3. The minimum Gasteiger partial charge on any atom is -0.361 e. The fourth-order valence-corrected chi connectivity index (χ4v) is 3.32. The van der Waals surface area contributed by atoms with E-state index in [1.807, 2.05) is 68.7 Å². The number of amides is 2. The SMILES string of the molecule is Cc1noc(C)c1CCC(=O)NNC(=O)c1cc(C)n(-c2ccccc2)c1C. The predicted molar refractivity (Wildman–Crippen MR) is 105 cm³/mol. The highest BCUT2D eigenvalue weighted by molar-refractivity contribution is 5.97. The Hall–Kier alpha value is -3.35. The minimum atomic E-state index is -0.346. The second-order valence-electron chi connectivity index (χ2n) is 6.76. The van der Waals surface area contributed by atoms with Crippen LogP contribution >= 0.6 is 0 Å². The molecule has 0 saturated heterocycles. The van der Waals surface area contributed by atoms with Crippen molar-refractivity contribution in [2.24, 2.45) is 0 Å².